The fourth-order valence-corrected chi connectivity index (χ4v) is 1.63. The molecule has 4 heteroatoms. The lowest BCUT2D eigenvalue weighted by Gasteiger charge is -2.03. The number of nitro groups is 1. The van der Waals surface area contributed by atoms with Crippen LogP contribution in [0.2, 0.25) is 0 Å². The molecule has 0 aliphatic carbocycles. The van der Waals surface area contributed by atoms with Crippen LogP contribution in [0, 0.1) is 16.0 Å². The van der Waals surface area contributed by atoms with Crippen molar-refractivity contribution in [3.63, 3.8) is 0 Å². The summed E-state index contributed by atoms with van der Waals surface area (Å²) in [6.07, 6.45) is 1.77. The van der Waals surface area contributed by atoms with Crippen LogP contribution in [0.15, 0.2) is 24.3 Å². The van der Waals surface area contributed by atoms with Gasteiger partial charge < -0.3 is 0 Å². The highest BCUT2D eigenvalue weighted by Gasteiger charge is 2.07. The average molecular weight is 235 g/mol. The van der Waals surface area contributed by atoms with Gasteiger partial charge in [0.25, 0.3) is 5.69 Å². The van der Waals surface area contributed by atoms with Crippen LogP contribution in [-0.4, -0.2) is 10.7 Å². The standard InChI is InChI=1S/C13H17NO3/c1-10(2)9-13(15)8-5-11-3-6-12(7-4-11)14(16)17/h3-4,6-7,10H,5,8-9H2,1-2H3. The molecular formula is C13H17NO3. The molecule has 92 valence electrons. The van der Waals surface area contributed by atoms with Crippen molar-refractivity contribution < 1.29 is 9.72 Å². The van der Waals surface area contributed by atoms with Gasteiger partial charge in [0.05, 0.1) is 4.92 Å². The largest absolute Gasteiger partial charge is 0.300 e. The number of rotatable bonds is 6. The normalized spacial score (nSPS) is 10.5. The van der Waals surface area contributed by atoms with Gasteiger partial charge in [-0.05, 0) is 17.9 Å². The molecule has 0 N–H and O–H groups in total. The first-order valence-electron chi connectivity index (χ1n) is 5.74. The van der Waals surface area contributed by atoms with Crippen LogP contribution >= 0.6 is 0 Å². The smallest absolute Gasteiger partial charge is 0.269 e. The molecule has 0 aromatic heterocycles. The number of hydrogen-bond donors (Lipinski definition) is 0. The number of Topliss-reactive ketones (excluding diaryl/α,β-unsaturated/α-hetero) is 1. The topological polar surface area (TPSA) is 60.2 Å². The lowest BCUT2D eigenvalue weighted by molar-refractivity contribution is -0.384. The van der Waals surface area contributed by atoms with Gasteiger partial charge in [-0.1, -0.05) is 26.0 Å². The highest BCUT2D eigenvalue weighted by Crippen LogP contribution is 2.14. The van der Waals surface area contributed by atoms with Crippen LogP contribution < -0.4 is 0 Å². The van der Waals surface area contributed by atoms with Crippen molar-refractivity contribution >= 4 is 11.5 Å². The molecule has 0 unspecified atom stereocenters. The number of carbonyl (C=O) groups is 1. The molecule has 4 nitrogen and oxygen atoms in total. The van der Waals surface area contributed by atoms with E-state index in [9.17, 15) is 14.9 Å². The molecule has 0 aliphatic heterocycles. The van der Waals surface area contributed by atoms with Crippen LogP contribution in [0.25, 0.3) is 0 Å². The Morgan fingerprint density at radius 2 is 1.88 bits per heavy atom. The summed E-state index contributed by atoms with van der Waals surface area (Å²) < 4.78 is 0. The summed E-state index contributed by atoms with van der Waals surface area (Å²) in [5, 5.41) is 10.5. The van der Waals surface area contributed by atoms with E-state index in [-0.39, 0.29) is 11.5 Å². The van der Waals surface area contributed by atoms with Gasteiger partial charge >= 0.3 is 0 Å². The predicted molar refractivity (Wildman–Crippen MR) is 65.9 cm³/mol. The summed E-state index contributed by atoms with van der Waals surface area (Å²) in [4.78, 5) is 21.5. The molecule has 1 aromatic carbocycles. The lowest BCUT2D eigenvalue weighted by Crippen LogP contribution is -2.04. The van der Waals surface area contributed by atoms with Crippen molar-refractivity contribution in [3.05, 3.63) is 39.9 Å². The molecule has 0 fully saturated rings. The fourth-order valence-electron chi connectivity index (χ4n) is 1.63. The van der Waals surface area contributed by atoms with Crippen molar-refractivity contribution in [1.82, 2.24) is 0 Å². The Bertz CT molecular complexity index is 396. The zero-order chi connectivity index (χ0) is 12.8. The van der Waals surface area contributed by atoms with E-state index in [1.165, 1.54) is 12.1 Å². The lowest BCUT2D eigenvalue weighted by atomic mass is 10.0. The van der Waals surface area contributed by atoms with Gasteiger partial charge in [0, 0.05) is 25.0 Å². The summed E-state index contributed by atoms with van der Waals surface area (Å²) in [6.45, 7) is 4.04. The Kier molecular flexibility index (Phi) is 4.82. The van der Waals surface area contributed by atoms with Crippen molar-refractivity contribution in [2.45, 2.75) is 33.1 Å². The molecule has 0 amide bonds. The second kappa shape index (κ2) is 6.13. The third kappa shape index (κ3) is 4.76. The minimum absolute atomic E-state index is 0.0854. The minimum Gasteiger partial charge on any atom is -0.300 e. The Hall–Kier alpha value is -1.71. The molecule has 0 saturated heterocycles. The number of ketones is 1. The van der Waals surface area contributed by atoms with Crippen LogP contribution in [0.3, 0.4) is 0 Å². The van der Waals surface area contributed by atoms with E-state index in [4.69, 9.17) is 0 Å². The van der Waals surface area contributed by atoms with E-state index >= 15 is 0 Å². The third-order valence-corrected chi connectivity index (χ3v) is 2.48. The number of benzene rings is 1. The van der Waals surface area contributed by atoms with Gasteiger partial charge in [-0.25, -0.2) is 0 Å². The summed E-state index contributed by atoms with van der Waals surface area (Å²) in [5.74, 6) is 0.637. The van der Waals surface area contributed by atoms with Gasteiger partial charge in [0.15, 0.2) is 0 Å². The zero-order valence-electron chi connectivity index (χ0n) is 10.2. The van der Waals surface area contributed by atoms with E-state index in [1.54, 1.807) is 12.1 Å². The van der Waals surface area contributed by atoms with Crippen LogP contribution in [0.1, 0.15) is 32.3 Å². The van der Waals surface area contributed by atoms with Crippen LogP contribution in [0.4, 0.5) is 5.69 Å². The Morgan fingerprint density at radius 3 is 2.35 bits per heavy atom. The number of hydrogen-bond acceptors (Lipinski definition) is 3. The molecule has 0 spiro atoms. The van der Waals surface area contributed by atoms with Crippen LogP contribution in [-0.2, 0) is 11.2 Å². The number of nitrogens with zero attached hydrogens (tertiary/aromatic N) is 1. The minimum atomic E-state index is -0.423. The first-order chi connectivity index (χ1) is 7.99. The van der Waals surface area contributed by atoms with Gasteiger partial charge in [-0.2, -0.15) is 0 Å². The predicted octanol–water partition coefficient (Wildman–Crippen LogP) is 3.14. The molecule has 1 aromatic rings. The molecule has 0 bridgehead atoms. The molecule has 0 atom stereocenters. The molecule has 0 heterocycles. The number of carbonyl (C=O) groups excluding carboxylic acids is 1. The summed E-state index contributed by atoms with van der Waals surface area (Å²) >= 11 is 0. The molecular weight excluding hydrogens is 218 g/mol. The Morgan fingerprint density at radius 1 is 1.29 bits per heavy atom. The van der Waals surface area contributed by atoms with Gasteiger partial charge in [-0.3, -0.25) is 14.9 Å². The monoisotopic (exact) mass is 235 g/mol. The first kappa shape index (κ1) is 13.4. The number of nitro benzene ring substituents is 1. The highest BCUT2D eigenvalue weighted by molar-refractivity contribution is 5.78. The summed E-state index contributed by atoms with van der Waals surface area (Å²) in [7, 11) is 0. The maximum absolute atomic E-state index is 11.5. The summed E-state index contributed by atoms with van der Waals surface area (Å²) in [5.41, 5.74) is 1.05. The van der Waals surface area contributed by atoms with Crippen molar-refractivity contribution in [3.8, 4) is 0 Å². The quantitative estimate of drug-likeness (QED) is 0.562. The summed E-state index contributed by atoms with van der Waals surface area (Å²) in [6, 6.07) is 6.37. The molecule has 0 radical (unpaired) electrons. The van der Waals surface area contributed by atoms with Crippen molar-refractivity contribution in [2.75, 3.05) is 0 Å². The first-order valence-corrected chi connectivity index (χ1v) is 5.74. The highest BCUT2D eigenvalue weighted by atomic mass is 16.6. The van der Waals surface area contributed by atoms with Crippen LogP contribution in [0.5, 0.6) is 0 Å². The van der Waals surface area contributed by atoms with E-state index < -0.39 is 4.92 Å². The van der Waals surface area contributed by atoms with E-state index in [0.717, 1.165) is 5.56 Å². The van der Waals surface area contributed by atoms with Gasteiger partial charge in [-0.15, -0.1) is 0 Å². The van der Waals surface area contributed by atoms with E-state index in [0.29, 0.717) is 25.2 Å². The van der Waals surface area contributed by atoms with Gasteiger partial charge in [0.2, 0.25) is 0 Å². The van der Waals surface area contributed by atoms with E-state index in [1.807, 2.05) is 13.8 Å². The van der Waals surface area contributed by atoms with Crippen molar-refractivity contribution in [2.24, 2.45) is 5.92 Å². The fraction of sp³-hybridized carbons (Fsp3) is 0.462. The maximum Gasteiger partial charge on any atom is 0.269 e. The molecule has 0 aliphatic rings. The third-order valence-electron chi connectivity index (χ3n) is 2.48. The molecule has 17 heavy (non-hydrogen) atoms. The average Bonchev–Trinajstić information content (AvgIpc) is 2.26. The second-order valence-corrected chi connectivity index (χ2v) is 4.56. The van der Waals surface area contributed by atoms with Crippen molar-refractivity contribution in [1.29, 1.82) is 0 Å². The molecule has 1 rings (SSSR count). The Balaban J connectivity index is 2.47. The molecule has 0 saturated carbocycles. The van der Waals surface area contributed by atoms with E-state index in [2.05, 4.69) is 0 Å². The zero-order valence-corrected chi connectivity index (χ0v) is 10.2. The maximum atomic E-state index is 11.5. The SMILES string of the molecule is CC(C)CC(=O)CCc1ccc([N+](=O)[O-])cc1. The van der Waals surface area contributed by atoms with Gasteiger partial charge in [0.1, 0.15) is 5.78 Å². The Labute approximate surface area is 101 Å². The second-order valence-electron chi connectivity index (χ2n) is 4.56. The number of aryl methyl sites for hydroxylation is 1. The number of non-ortho nitro benzene ring substituents is 1.